The van der Waals surface area contributed by atoms with Crippen LogP contribution in [0.3, 0.4) is 0 Å². The maximum absolute atomic E-state index is 12.4. The highest BCUT2D eigenvalue weighted by molar-refractivity contribution is 7.15. The van der Waals surface area contributed by atoms with E-state index < -0.39 is 0 Å². The van der Waals surface area contributed by atoms with Gasteiger partial charge in [0.2, 0.25) is 0 Å². The number of hydrogen-bond donors (Lipinski definition) is 2. The summed E-state index contributed by atoms with van der Waals surface area (Å²) in [5, 5.41) is 16.0. The van der Waals surface area contributed by atoms with Gasteiger partial charge in [-0.15, -0.1) is 11.3 Å². The Morgan fingerprint density at radius 2 is 1.96 bits per heavy atom. The molecule has 1 aromatic rings. The minimum absolute atomic E-state index is 0.173. The fourth-order valence-electron chi connectivity index (χ4n) is 4.78. The van der Waals surface area contributed by atoms with E-state index in [9.17, 15) is 4.79 Å². The molecule has 3 aliphatic carbocycles. The lowest BCUT2D eigenvalue weighted by Gasteiger charge is -2.37. The van der Waals surface area contributed by atoms with Gasteiger partial charge in [-0.3, -0.25) is 4.79 Å². The van der Waals surface area contributed by atoms with Gasteiger partial charge in [-0.1, -0.05) is 19.3 Å². The summed E-state index contributed by atoms with van der Waals surface area (Å²) < 4.78 is 0. The van der Waals surface area contributed by atoms with Crippen LogP contribution in [0.15, 0.2) is 6.20 Å². The Balaban J connectivity index is 1.30. The topological polar surface area (TPSA) is 77.8 Å². The average molecular weight is 359 g/mol. The van der Waals surface area contributed by atoms with E-state index in [-0.39, 0.29) is 18.0 Å². The van der Waals surface area contributed by atoms with Crippen molar-refractivity contribution in [1.29, 1.82) is 5.26 Å². The van der Waals surface area contributed by atoms with Crippen molar-refractivity contribution in [3.05, 3.63) is 11.1 Å². The zero-order valence-electron chi connectivity index (χ0n) is 14.5. The van der Waals surface area contributed by atoms with Crippen LogP contribution in [0, 0.1) is 23.3 Å². The molecule has 1 aromatic heterocycles. The SMILES string of the molecule is N#CNC1CC([C@H]2CC(Nc3ncc(C4CCCCC4)s3)CC2=O)C1. The van der Waals surface area contributed by atoms with Crippen LogP contribution in [0.4, 0.5) is 5.13 Å². The summed E-state index contributed by atoms with van der Waals surface area (Å²) in [6, 6.07) is 0.512. The van der Waals surface area contributed by atoms with Crippen molar-refractivity contribution in [2.75, 3.05) is 5.32 Å². The quantitative estimate of drug-likeness (QED) is 0.618. The number of thiazole rings is 1. The van der Waals surface area contributed by atoms with Crippen molar-refractivity contribution >= 4 is 22.3 Å². The molecule has 0 bridgehead atoms. The number of hydrogen-bond acceptors (Lipinski definition) is 6. The van der Waals surface area contributed by atoms with Crippen LogP contribution >= 0.6 is 11.3 Å². The first-order chi connectivity index (χ1) is 12.2. The van der Waals surface area contributed by atoms with Crippen LogP contribution in [-0.4, -0.2) is 22.9 Å². The van der Waals surface area contributed by atoms with Crippen LogP contribution in [-0.2, 0) is 4.79 Å². The minimum Gasteiger partial charge on any atom is -0.358 e. The number of anilines is 1. The molecular formula is C19H26N4OS. The third-order valence-electron chi connectivity index (χ3n) is 6.27. The third kappa shape index (κ3) is 3.67. The Bertz CT molecular complexity index is 655. The molecular weight excluding hydrogens is 332 g/mol. The molecule has 2 atom stereocenters. The van der Waals surface area contributed by atoms with Gasteiger partial charge < -0.3 is 10.6 Å². The molecule has 1 unspecified atom stereocenters. The molecule has 3 saturated carbocycles. The van der Waals surface area contributed by atoms with E-state index in [1.165, 1.54) is 37.0 Å². The van der Waals surface area contributed by atoms with Crippen molar-refractivity contribution in [1.82, 2.24) is 10.3 Å². The highest BCUT2D eigenvalue weighted by Crippen LogP contribution is 2.42. The average Bonchev–Trinajstić information content (AvgIpc) is 3.19. The van der Waals surface area contributed by atoms with Crippen LogP contribution in [0.1, 0.15) is 68.6 Å². The molecule has 6 heteroatoms. The Kier molecular flexibility index (Phi) is 4.93. The van der Waals surface area contributed by atoms with Gasteiger partial charge in [-0.25, -0.2) is 4.98 Å². The number of carbonyl (C=O) groups excluding carboxylic acids is 1. The fourth-order valence-corrected chi connectivity index (χ4v) is 5.85. The van der Waals surface area contributed by atoms with Gasteiger partial charge in [0.05, 0.1) is 0 Å². The second-order valence-corrected chi connectivity index (χ2v) is 9.00. The first-order valence-corrected chi connectivity index (χ1v) is 10.4. The standard InChI is InChI=1S/C19H26N4OS/c20-11-22-14-6-13(7-14)16-8-15(9-17(16)24)23-19-21-10-18(25-19)12-4-2-1-3-5-12/h10,12-16,22H,1-9H2,(H,21,23)/t13?,14?,15?,16-/m1/s1. The van der Waals surface area contributed by atoms with Gasteiger partial charge in [0.25, 0.3) is 0 Å². The van der Waals surface area contributed by atoms with Gasteiger partial charge in [-0.2, -0.15) is 5.26 Å². The van der Waals surface area contributed by atoms with Gasteiger partial charge in [0, 0.05) is 35.5 Å². The molecule has 0 spiro atoms. The fraction of sp³-hybridized carbons (Fsp3) is 0.737. The summed E-state index contributed by atoms with van der Waals surface area (Å²) in [7, 11) is 0. The third-order valence-corrected chi connectivity index (χ3v) is 7.36. The zero-order valence-corrected chi connectivity index (χ0v) is 15.4. The number of rotatable bonds is 5. The Morgan fingerprint density at radius 3 is 2.72 bits per heavy atom. The van der Waals surface area contributed by atoms with Gasteiger partial charge in [0.15, 0.2) is 11.3 Å². The molecule has 0 aliphatic heterocycles. The first-order valence-electron chi connectivity index (χ1n) is 9.62. The highest BCUT2D eigenvalue weighted by Gasteiger charge is 2.43. The number of Topliss-reactive ketones (excluding diaryl/α,β-unsaturated/α-hetero) is 1. The molecule has 5 nitrogen and oxygen atoms in total. The smallest absolute Gasteiger partial charge is 0.183 e. The van der Waals surface area contributed by atoms with Gasteiger partial charge in [-0.05, 0) is 43.9 Å². The van der Waals surface area contributed by atoms with E-state index in [1.54, 1.807) is 11.3 Å². The molecule has 0 radical (unpaired) electrons. The van der Waals surface area contributed by atoms with E-state index in [0.29, 0.717) is 24.0 Å². The molecule has 0 amide bonds. The molecule has 25 heavy (non-hydrogen) atoms. The minimum atomic E-state index is 0.173. The highest BCUT2D eigenvalue weighted by atomic mass is 32.1. The summed E-state index contributed by atoms with van der Waals surface area (Å²) in [5.74, 6) is 1.72. The Labute approximate surface area is 153 Å². The van der Waals surface area contributed by atoms with Crippen LogP contribution in [0.5, 0.6) is 0 Å². The van der Waals surface area contributed by atoms with Gasteiger partial charge in [0.1, 0.15) is 5.78 Å². The molecule has 4 rings (SSSR count). The molecule has 1 heterocycles. The summed E-state index contributed by atoms with van der Waals surface area (Å²) in [4.78, 5) is 18.4. The van der Waals surface area contributed by atoms with Crippen LogP contribution in [0.25, 0.3) is 0 Å². The van der Waals surface area contributed by atoms with E-state index in [0.717, 1.165) is 24.4 Å². The molecule has 3 fully saturated rings. The number of aromatic nitrogens is 1. The van der Waals surface area contributed by atoms with Crippen molar-refractivity contribution < 1.29 is 4.79 Å². The number of ketones is 1. The van der Waals surface area contributed by atoms with E-state index in [1.807, 2.05) is 12.4 Å². The molecule has 2 N–H and O–H groups in total. The second kappa shape index (κ2) is 7.33. The predicted octanol–water partition coefficient (Wildman–Crippen LogP) is 3.80. The molecule has 0 aromatic carbocycles. The lowest BCUT2D eigenvalue weighted by atomic mass is 9.71. The summed E-state index contributed by atoms with van der Waals surface area (Å²) in [5.41, 5.74) is 0. The number of nitrogens with zero attached hydrogens (tertiary/aromatic N) is 2. The largest absolute Gasteiger partial charge is 0.358 e. The maximum Gasteiger partial charge on any atom is 0.183 e. The Hall–Kier alpha value is -1.61. The van der Waals surface area contributed by atoms with Crippen LogP contribution in [0.2, 0.25) is 0 Å². The molecule has 134 valence electrons. The molecule has 0 saturated heterocycles. The van der Waals surface area contributed by atoms with E-state index in [2.05, 4.69) is 15.6 Å². The van der Waals surface area contributed by atoms with Gasteiger partial charge >= 0.3 is 0 Å². The maximum atomic E-state index is 12.4. The normalized spacial score (nSPS) is 32.8. The van der Waals surface area contributed by atoms with Crippen molar-refractivity contribution in [3.63, 3.8) is 0 Å². The molecule has 3 aliphatic rings. The number of carbonyl (C=O) groups is 1. The Morgan fingerprint density at radius 1 is 1.16 bits per heavy atom. The van der Waals surface area contributed by atoms with Crippen LogP contribution < -0.4 is 10.6 Å². The monoisotopic (exact) mass is 358 g/mol. The van der Waals surface area contributed by atoms with Crippen molar-refractivity contribution in [2.24, 2.45) is 11.8 Å². The predicted molar refractivity (Wildman–Crippen MR) is 98.3 cm³/mol. The second-order valence-electron chi connectivity index (χ2n) is 7.94. The zero-order chi connectivity index (χ0) is 17.2. The lowest BCUT2D eigenvalue weighted by molar-refractivity contribution is -0.123. The van der Waals surface area contributed by atoms with E-state index >= 15 is 0 Å². The van der Waals surface area contributed by atoms with Crippen molar-refractivity contribution in [3.8, 4) is 6.19 Å². The summed E-state index contributed by atoms with van der Waals surface area (Å²) >= 11 is 1.78. The van der Waals surface area contributed by atoms with E-state index in [4.69, 9.17) is 5.26 Å². The summed E-state index contributed by atoms with van der Waals surface area (Å²) in [6.45, 7) is 0. The number of nitriles is 1. The van der Waals surface area contributed by atoms with Crippen molar-refractivity contribution in [2.45, 2.75) is 75.8 Å². The first kappa shape index (κ1) is 16.8. The summed E-state index contributed by atoms with van der Waals surface area (Å²) in [6.07, 6.45) is 14.2. The lowest BCUT2D eigenvalue weighted by Crippen LogP contribution is -2.43. The number of nitrogens with one attached hydrogen (secondary N) is 2.